The summed E-state index contributed by atoms with van der Waals surface area (Å²) in [6, 6.07) is 5.91. The van der Waals surface area contributed by atoms with Gasteiger partial charge in [0.25, 0.3) is 0 Å². The maximum Gasteiger partial charge on any atom is 0.422 e. The molecular formula is C21H28F3NO5S. The predicted molar refractivity (Wildman–Crippen MR) is 110 cm³/mol. The first-order valence-corrected chi connectivity index (χ1v) is 12.2. The molecule has 1 aliphatic carbocycles. The van der Waals surface area contributed by atoms with Crippen molar-refractivity contribution in [3.05, 3.63) is 24.3 Å². The van der Waals surface area contributed by atoms with Gasteiger partial charge in [0.1, 0.15) is 5.75 Å². The third-order valence-corrected chi connectivity index (χ3v) is 8.21. The second kappa shape index (κ2) is 8.61. The Balaban J connectivity index is 1.62. The van der Waals surface area contributed by atoms with Gasteiger partial charge in [-0.25, -0.2) is 8.42 Å². The number of sulfone groups is 1. The summed E-state index contributed by atoms with van der Waals surface area (Å²) < 4.78 is 65.8. The first kappa shape index (κ1) is 23.8. The molecule has 31 heavy (non-hydrogen) atoms. The van der Waals surface area contributed by atoms with Gasteiger partial charge >= 0.3 is 6.18 Å². The van der Waals surface area contributed by atoms with Crippen LogP contribution in [0.25, 0.3) is 0 Å². The number of ether oxygens (including phenoxy) is 1. The van der Waals surface area contributed by atoms with E-state index in [-0.39, 0.29) is 36.0 Å². The third kappa shape index (κ3) is 5.71. The number of amides is 1. The average Bonchev–Trinajstić information content (AvgIpc) is 2.99. The van der Waals surface area contributed by atoms with E-state index in [4.69, 9.17) is 4.74 Å². The van der Waals surface area contributed by atoms with Gasteiger partial charge in [0.2, 0.25) is 5.91 Å². The SMILES string of the molecule is CCCS(=O)(=O)C[C@]1(O)CC[C@]2(CCN(c3ccc(OCC(F)(F)F)cc3)C2=O)CC1. The van der Waals surface area contributed by atoms with E-state index in [0.29, 0.717) is 37.9 Å². The number of benzene rings is 1. The number of hydrogen-bond acceptors (Lipinski definition) is 5. The van der Waals surface area contributed by atoms with Crippen LogP contribution in [0.4, 0.5) is 18.9 Å². The fraction of sp³-hybridized carbons (Fsp3) is 0.667. The predicted octanol–water partition coefficient (Wildman–Crippen LogP) is 3.48. The lowest BCUT2D eigenvalue weighted by molar-refractivity contribution is -0.153. The normalized spacial score (nSPS) is 27.1. The van der Waals surface area contributed by atoms with Crippen LogP contribution in [0.5, 0.6) is 5.75 Å². The summed E-state index contributed by atoms with van der Waals surface area (Å²) in [5.74, 6) is -0.259. The zero-order valence-corrected chi connectivity index (χ0v) is 18.3. The standard InChI is InChI=1S/C21H28F3NO5S/c1-2-13-31(28,29)15-20(27)9-7-19(8-10-20)11-12-25(18(19)26)16-3-5-17(6-4-16)30-14-21(22,23)24/h3-6,27H,2,7-15H2,1H3/t19-,20+. The van der Waals surface area contributed by atoms with Crippen molar-refractivity contribution in [2.75, 3.05) is 29.6 Å². The lowest BCUT2D eigenvalue weighted by Crippen LogP contribution is -2.47. The number of alkyl halides is 3. The Morgan fingerprint density at radius 2 is 1.71 bits per heavy atom. The van der Waals surface area contributed by atoms with Crippen molar-refractivity contribution in [1.82, 2.24) is 0 Å². The maximum absolute atomic E-state index is 13.2. The molecule has 2 fully saturated rings. The second-order valence-corrected chi connectivity index (χ2v) is 10.9. The van der Waals surface area contributed by atoms with Gasteiger partial charge in [0.15, 0.2) is 16.4 Å². The van der Waals surface area contributed by atoms with E-state index in [9.17, 15) is 31.5 Å². The van der Waals surface area contributed by atoms with Crippen molar-refractivity contribution in [3.63, 3.8) is 0 Å². The van der Waals surface area contributed by atoms with Gasteiger partial charge in [-0.05, 0) is 62.8 Å². The molecule has 1 amide bonds. The molecule has 1 aliphatic heterocycles. The Hall–Kier alpha value is -1.81. The van der Waals surface area contributed by atoms with Crippen molar-refractivity contribution in [2.45, 2.75) is 57.2 Å². The van der Waals surface area contributed by atoms with Crippen molar-refractivity contribution in [2.24, 2.45) is 5.41 Å². The fourth-order valence-corrected chi connectivity index (χ4v) is 6.42. The fourth-order valence-electron chi connectivity index (χ4n) is 4.55. The molecule has 1 saturated carbocycles. The maximum atomic E-state index is 13.2. The first-order valence-electron chi connectivity index (χ1n) is 10.4. The Bertz CT molecular complexity index is 891. The molecule has 1 N–H and O–H groups in total. The molecule has 0 bridgehead atoms. The van der Waals surface area contributed by atoms with Crippen LogP contribution >= 0.6 is 0 Å². The number of nitrogens with zero attached hydrogens (tertiary/aromatic N) is 1. The van der Waals surface area contributed by atoms with Crippen LogP contribution in [0, 0.1) is 5.41 Å². The number of carbonyl (C=O) groups is 1. The van der Waals surface area contributed by atoms with E-state index in [1.165, 1.54) is 12.1 Å². The minimum absolute atomic E-state index is 0.0375. The lowest BCUT2D eigenvalue weighted by Gasteiger charge is -2.40. The molecule has 0 aromatic heterocycles. The van der Waals surface area contributed by atoms with E-state index >= 15 is 0 Å². The zero-order valence-electron chi connectivity index (χ0n) is 17.5. The third-order valence-electron chi connectivity index (χ3n) is 6.21. The molecule has 3 rings (SSSR count). The Morgan fingerprint density at radius 3 is 2.26 bits per heavy atom. The van der Waals surface area contributed by atoms with E-state index in [0.717, 1.165) is 0 Å². The average molecular weight is 464 g/mol. The minimum atomic E-state index is -4.42. The summed E-state index contributed by atoms with van der Waals surface area (Å²) in [6.45, 7) is 0.862. The van der Waals surface area contributed by atoms with Crippen LogP contribution in [0.3, 0.4) is 0 Å². The van der Waals surface area contributed by atoms with Crippen molar-refractivity contribution < 1.29 is 36.2 Å². The largest absolute Gasteiger partial charge is 0.484 e. The Kier molecular flexibility index (Phi) is 6.63. The van der Waals surface area contributed by atoms with Crippen molar-refractivity contribution in [3.8, 4) is 5.75 Å². The van der Waals surface area contributed by atoms with Gasteiger partial charge in [-0.3, -0.25) is 4.79 Å². The summed E-state index contributed by atoms with van der Waals surface area (Å²) >= 11 is 0. The number of hydrogen-bond donors (Lipinski definition) is 1. The summed E-state index contributed by atoms with van der Waals surface area (Å²) in [7, 11) is -3.34. The van der Waals surface area contributed by atoms with Crippen LogP contribution in [-0.4, -0.2) is 55.9 Å². The summed E-state index contributed by atoms with van der Waals surface area (Å²) in [6.07, 6.45) is -2.01. The molecule has 1 aromatic carbocycles. The molecule has 1 heterocycles. The van der Waals surface area contributed by atoms with E-state index in [1.807, 2.05) is 0 Å². The highest BCUT2D eigenvalue weighted by atomic mass is 32.2. The van der Waals surface area contributed by atoms with Crippen LogP contribution in [0.2, 0.25) is 0 Å². The lowest BCUT2D eigenvalue weighted by atomic mass is 9.68. The van der Waals surface area contributed by atoms with Gasteiger partial charge < -0.3 is 14.7 Å². The van der Waals surface area contributed by atoms with Crippen LogP contribution in [0.1, 0.15) is 45.4 Å². The van der Waals surface area contributed by atoms with Gasteiger partial charge in [-0.2, -0.15) is 13.2 Å². The quantitative estimate of drug-likeness (QED) is 0.669. The molecule has 1 saturated heterocycles. The molecule has 0 atom stereocenters. The number of halogens is 3. The van der Waals surface area contributed by atoms with Crippen molar-refractivity contribution >= 4 is 21.4 Å². The summed E-state index contributed by atoms with van der Waals surface area (Å²) in [4.78, 5) is 14.8. The smallest absolute Gasteiger partial charge is 0.422 e. The molecule has 1 spiro atoms. The summed E-state index contributed by atoms with van der Waals surface area (Å²) in [5.41, 5.74) is -1.36. The molecule has 0 unspecified atom stereocenters. The van der Waals surface area contributed by atoms with Gasteiger partial charge in [0.05, 0.1) is 22.5 Å². The molecular weight excluding hydrogens is 435 g/mol. The highest BCUT2D eigenvalue weighted by Gasteiger charge is 2.52. The zero-order chi connectivity index (χ0) is 22.9. The molecule has 6 nitrogen and oxygen atoms in total. The van der Waals surface area contributed by atoms with Crippen LogP contribution in [0.15, 0.2) is 24.3 Å². The highest BCUT2D eigenvalue weighted by molar-refractivity contribution is 7.91. The Morgan fingerprint density at radius 1 is 1.10 bits per heavy atom. The molecule has 10 heteroatoms. The van der Waals surface area contributed by atoms with Gasteiger partial charge in [-0.15, -0.1) is 0 Å². The summed E-state index contributed by atoms with van der Waals surface area (Å²) in [5, 5.41) is 10.8. The van der Waals surface area contributed by atoms with E-state index in [2.05, 4.69) is 0 Å². The monoisotopic (exact) mass is 463 g/mol. The van der Waals surface area contributed by atoms with Gasteiger partial charge in [0, 0.05) is 12.2 Å². The topological polar surface area (TPSA) is 83.9 Å². The number of anilines is 1. The number of carbonyl (C=O) groups excluding carboxylic acids is 1. The highest BCUT2D eigenvalue weighted by Crippen LogP contribution is 2.49. The van der Waals surface area contributed by atoms with E-state index < -0.39 is 33.6 Å². The number of aliphatic hydroxyl groups is 1. The molecule has 1 aromatic rings. The van der Waals surface area contributed by atoms with E-state index in [1.54, 1.807) is 24.0 Å². The van der Waals surface area contributed by atoms with Crippen LogP contribution < -0.4 is 9.64 Å². The number of rotatable bonds is 7. The molecule has 2 aliphatic rings. The second-order valence-electron chi connectivity index (χ2n) is 8.70. The van der Waals surface area contributed by atoms with Crippen molar-refractivity contribution in [1.29, 1.82) is 0 Å². The molecule has 0 radical (unpaired) electrons. The first-order chi connectivity index (χ1) is 14.4. The van der Waals surface area contributed by atoms with Gasteiger partial charge in [-0.1, -0.05) is 6.92 Å². The Labute approximate surface area is 180 Å². The minimum Gasteiger partial charge on any atom is -0.484 e. The van der Waals surface area contributed by atoms with Crippen LogP contribution in [-0.2, 0) is 14.6 Å². The molecule has 174 valence electrons.